The molecule has 2 atom stereocenters. The van der Waals surface area contributed by atoms with Crippen molar-refractivity contribution < 1.29 is 4.81 Å². The second-order valence-electron chi connectivity index (χ2n) is 9.67. The van der Waals surface area contributed by atoms with E-state index in [4.69, 9.17) is 22.8 Å². The van der Waals surface area contributed by atoms with Crippen LogP contribution in [0.4, 0.5) is 17.1 Å². The van der Waals surface area contributed by atoms with Crippen molar-refractivity contribution in [2.45, 2.75) is 11.3 Å². The summed E-state index contributed by atoms with van der Waals surface area (Å²) in [5, 5.41) is 6.14. The third-order valence-corrected chi connectivity index (χ3v) is 8.33. The molecule has 194 valence electrons. The molecule has 1 fully saturated rings. The SMILES string of the molecule is S=C1N(c2ccccc2)C2(c3ccccc3)N=[N+](c3ccccc3)[N-]C2(c2ccccc2)N1c1ccc(Br)cc1. The van der Waals surface area contributed by atoms with Gasteiger partial charge in [0, 0.05) is 28.0 Å². The molecule has 5 nitrogen and oxygen atoms in total. The van der Waals surface area contributed by atoms with E-state index in [2.05, 4.69) is 98.5 Å². The number of para-hydroxylation sites is 2. The Balaban J connectivity index is 1.63. The van der Waals surface area contributed by atoms with Crippen LogP contribution in [0.3, 0.4) is 0 Å². The molecule has 0 aliphatic carbocycles. The third kappa shape index (κ3) is 3.55. The highest BCUT2D eigenvalue weighted by molar-refractivity contribution is 9.10. The smallest absolute Gasteiger partial charge is 0.225 e. The minimum atomic E-state index is -1.08. The van der Waals surface area contributed by atoms with Crippen molar-refractivity contribution >= 4 is 50.3 Å². The summed E-state index contributed by atoms with van der Waals surface area (Å²) >= 11 is 10.0. The van der Waals surface area contributed by atoms with Crippen molar-refractivity contribution in [3.63, 3.8) is 0 Å². The molecule has 2 aliphatic heterocycles. The van der Waals surface area contributed by atoms with E-state index in [0.717, 1.165) is 32.7 Å². The predicted octanol–water partition coefficient (Wildman–Crippen LogP) is 8.87. The van der Waals surface area contributed by atoms with Crippen LogP contribution in [0.15, 0.2) is 155 Å². The van der Waals surface area contributed by atoms with Crippen LogP contribution in [0, 0.1) is 0 Å². The Labute approximate surface area is 247 Å². The lowest BCUT2D eigenvalue weighted by Gasteiger charge is -2.46. The van der Waals surface area contributed by atoms with Gasteiger partial charge in [0.1, 0.15) is 0 Å². The van der Waals surface area contributed by atoms with Crippen molar-refractivity contribution in [3.05, 3.63) is 167 Å². The zero-order chi connectivity index (χ0) is 27.2. The fraction of sp³-hybridized carbons (Fsp3) is 0.0606. The molecule has 7 heteroatoms. The average Bonchev–Trinajstić information content (AvgIpc) is 3.47. The van der Waals surface area contributed by atoms with Gasteiger partial charge in [0.15, 0.2) is 16.4 Å². The lowest BCUT2D eigenvalue weighted by molar-refractivity contribution is -0.457. The first kappa shape index (κ1) is 24.7. The molecule has 0 radical (unpaired) electrons. The van der Waals surface area contributed by atoms with Gasteiger partial charge in [0.25, 0.3) is 0 Å². The van der Waals surface area contributed by atoms with E-state index < -0.39 is 11.3 Å². The molecule has 0 spiro atoms. The van der Waals surface area contributed by atoms with E-state index >= 15 is 0 Å². The van der Waals surface area contributed by atoms with Gasteiger partial charge in [-0.25, -0.2) is 0 Å². The van der Waals surface area contributed by atoms with Crippen LogP contribution in [0.5, 0.6) is 0 Å². The van der Waals surface area contributed by atoms with Crippen LogP contribution in [-0.2, 0) is 11.3 Å². The maximum Gasteiger partial charge on any atom is 0.225 e. The minimum Gasteiger partial charge on any atom is -0.300 e. The van der Waals surface area contributed by atoms with Gasteiger partial charge >= 0.3 is 0 Å². The van der Waals surface area contributed by atoms with Crippen LogP contribution < -0.4 is 9.80 Å². The molecule has 2 heterocycles. The topological polar surface area (TPSA) is 36.0 Å². The lowest BCUT2D eigenvalue weighted by Crippen LogP contribution is -2.53. The van der Waals surface area contributed by atoms with E-state index in [0.29, 0.717) is 5.11 Å². The molecule has 2 unspecified atom stereocenters. The first-order valence-corrected chi connectivity index (χ1v) is 14.2. The number of hydrogen-bond donors (Lipinski definition) is 0. The third-order valence-electron chi connectivity index (χ3n) is 7.43. The largest absolute Gasteiger partial charge is 0.300 e. The summed E-state index contributed by atoms with van der Waals surface area (Å²) in [6.07, 6.45) is 0. The van der Waals surface area contributed by atoms with E-state index in [1.165, 1.54) is 0 Å². The highest BCUT2D eigenvalue weighted by atomic mass is 79.9. The summed E-state index contributed by atoms with van der Waals surface area (Å²) < 4.78 is 0.989. The van der Waals surface area contributed by atoms with Crippen LogP contribution in [-0.4, -0.2) is 9.92 Å². The van der Waals surface area contributed by atoms with Crippen molar-refractivity contribution in [2.24, 2.45) is 5.11 Å². The molecule has 0 saturated carbocycles. The molecule has 40 heavy (non-hydrogen) atoms. The standard InChI is InChI=1S/C33H24BrN5S/c34-27-21-23-29(24-22-27)38-31(40)37(28-17-9-3-10-18-28)32(25-13-5-1-6-14-25)33(38,26-15-7-2-8-16-26)36-39(35-32)30-19-11-4-12-20-30/h1-24H. The Morgan fingerprint density at radius 3 is 1.70 bits per heavy atom. The zero-order valence-corrected chi connectivity index (χ0v) is 23.8. The zero-order valence-electron chi connectivity index (χ0n) is 21.4. The number of halogens is 1. The quantitative estimate of drug-likeness (QED) is 0.149. The van der Waals surface area contributed by atoms with E-state index in [9.17, 15) is 0 Å². The fourth-order valence-electron chi connectivity index (χ4n) is 5.77. The van der Waals surface area contributed by atoms with Crippen LogP contribution >= 0.6 is 28.1 Å². The van der Waals surface area contributed by atoms with Crippen molar-refractivity contribution in [3.8, 4) is 0 Å². The van der Waals surface area contributed by atoms with E-state index in [-0.39, 0.29) is 0 Å². The second-order valence-corrected chi connectivity index (χ2v) is 10.9. The second kappa shape index (κ2) is 9.70. The van der Waals surface area contributed by atoms with Gasteiger partial charge in [-0.2, -0.15) is 10.5 Å². The monoisotopic (exact) mass is 601 g/mol. The number of fused-ring (bicyclic) bond motifs is 1. The highest BCUT2D eigenvalue weighted by Gasteiger charge is 2.70. The molecular formula is C33H24BrN5S. The van der Waals surface area contributed by atoms with Gasteiger partial charge in [-0.05, 0) is 59.7 Å². The Kier molecular flexibility index (Phi) is 5.99. The summed E-state index contributed by atoms with van der Waals surface area (Å²) in [6.45, 7) is 0. The fourth-order valence-corrected chi connectivity index (χ4v) is 6.51. The molecule has 5 aromatic carbocycles. The normalized spacial score (nSPS) is 21.6. The maximum atomic E-state index is 6.41. The van der Waals surface area contributed by atoms with E-state index in [1.54, 1.807) is 4.81 Å². The summed E-state index contributed by atoms with van der Waals surface area (Å²) in [6, 6.07) is 49.3. The average molecular weight is 603 g/mol. The van der Waals surface area contributed by atoms with Crippen molar-refractivity contribution in [2.75, 3.05) is 9.80 Å². The van der Waals surface area contributed by atoms with Gasteiger partial charge in [-0.15, -0.1) is 4.81 Å². The summed E-state index contributed by atoms with van der Waals surface area (Å²) in [5.74, 6) is 0. The predicted molar refractivity (Wildman–Crippen MR) is 167 cm³/mol. The summed E-state index contributed by atoms with van der Waals surface area (Å²) in [4.78, 5) is 6.11. The molecule has 0 aromatic heterocycles. The number of anilines is 2. The van der Waals surface area contributed by atoms with Crippen molar-refractivity contribution in [1.82, 2.24) is 0 Å². The molecule has 1 saturated heterocycles. The number of thiocarbonyl (C=S) groups is 1. The number of hydrogen-bond acceptors (Lipinski definition) is 2. The molecule has 7 rings (SSSR count). The highest BCUT2D eigenvalue weighted by Crippen LogP contribution is 2.64. The van der Waals surface area contributed by atoms with E-state index in [1.807, 2.05) is 72.8 Å². The molecule has 0 bridgehead atoms. The minimum absolute atomic E-state index is 0.612. The van der Waals surface area contributed by atoms with Crippen molar-refractivity contribution in [1.29, 1.82) is 0 Å². The molecule has 0 N–H and O–H groups in total. The van der Waals surface area contributed by atoms with Gasteiger partial charge in [-0.3, -0.25) is 0 Å². The first-order valence-electron chi connectivity index (χ1n) is 13.0. The Morgan fingerprint density at radius 2 is 1.10 bits per heavy atom. The summed E-state index contributed by atoms with van der Waals surface area (Å²) in [7, 11) is 0. The van der Waals surface area contributed by atoms with Gasteiger partial charge in [-0.1, -0.05) is 113 Å². The van der Waals surface area contributed by atoms with Crippen LogP contribution in [0.2, 0.25) is 0 Å². The molecule has 5 aromatic rings. The Bertz CT molecular complexity index is 1700. The van der Waals surface area contributed by atoms with Gasteiger partial charge in [0.2, 0.25) is 5.69 Å². The van der Waals surface area contributed by atoms with Crippen LogP contribution in [0.1, 0.15) is 11.1 Å². The maximum absolute atomic E-state index is 6.41. The number of rotatable bonds is 5. The Hall–Kier alpha value is -4.33. The number of nitrogens with zero attached hydrogens (tertiary/aromatic N) is 5. The molecular weight excluding hydrogens is 578 g/mol. The lowest BCUT2D eigenvalue weighted by atomic mass is 9.81. The number of azo groups is 1. The summed E-state index contributed by atoms with van der Waals surface area (Å²) in [5.41, 5.74) is 8.06. The number of benzene rings is 5. The van der Waals surface area contributed by atoms with Gasteiger partial charge in [0.05, 0.1) is 0 Å². The van der Waals surface area contributed by atoms with Gasteiger partial charge < -0.3 is 9.80 Å². The molecule has 2 aliphatic rings. The first-order chi connectivity index (χ1) is 19.6. The Morgan fingerprint density at radius 1 is 0.600 bits per heavy atom. The van der Waals surface area contributed by atoms with Crippen LogP contribution in [0.25, 0.3) is 5.43 Å². The molecule has 0 amide bonds.